The van der Waals surface area contributed by atoms with Crippen LogP contribution in [0.25, 0.3) is 0 Å². The Hall–Kier alpha value is -1.18. The van der Waals surface area contributed by atoms with E-state index in [0.717, 1.165) is 25.7 Å². The molecule has 1 aliphatic carbocycles. The molecule has 112 valence electrons. The Morgan fingerprint density at radius 1 is 1.15 bits per heavy atom. The van der Waals surface area contributed by atoms with Gasteiger partial charge in [-0.25, -0.2) is 24.0 Å². The van der Waals surface area contributed by atoms with Crippen LogP contribution in [-0.4, -0.2) is 19.4 Å². The number of nitrogen functional groups attached to an aromatic ring is 1. The summed E-state index contributed by atoms with van der Waals surface area (Å²) in [5, 5.41) is 0. The molecule has 1 fully saturated rings. The number of pyridine rings is 1. The van der Waals surface area contributed by atoms with Crippen LogP contribution in [0.4, 0.5) is 5.82 Å². The topological polar surface area (TPSA) is 97.1 Å². The van der Waals surface area contributed by atoms with Gasteiger partial charge in [-0.05, 0) is 18.9 Å². The lowest BCUT2D eigenvalue weighted by molar-refractivity contribution is 0.426. The smallest absolute Gasteiger partial charge is 0.241 e. The van der Waals surface area contributed by atoms with Crippen molar-refractivity contribution in [3.05, 3.63) is 18.3 Å². The first kappa shape index (κ1) is 15.2. The summed E-state index contributed by atoms with van der Waals surface area (Å²) in [6.45, 7) is 0. The van der Waals surface area contributed by atoms with Gasteiger partial charge in [-0.2, -0.15) is 0 Å². The summed E-state index contributed by atoms with van der Waals surface area (Å²) in [6.07, 6.45) is 9.05. The van der Waals surface area contributed by atoms with Gasteiger partial charge in [0.25, 0.3) is 0 Å². The monoisotopic (exact) mass is 298 g/mol. The summed E-state index contributed by atoms with van der Waals surface area (Å²) in [5.41, 5.74) is 2.36. The van der Waals surface area contributed by atoms with E-state index in [1.54, 1.807) is 0 Å². The van der Waals surface area contributed by atoms with Gasteiger partial charge in [-0.3, -0.25) is 0 Å². The molecule has 0 unspecified atom stereocenters. The van der Waals surface area contributed by atoms with Crippen molar-refractivity contribution >= 4 is 15.8 Å². The van der Waals surface area contributed by atoms with Gasteiger partial charge in [0, 0.05) is 18.3 Å². The highest BCUT2D eigenvalue weighted by Crippen LogP contribution is 2.19. The molecule has 0 saturated heterocycles. The Kier molecular flexibility index (Phi) is 5.33. The summed E-state index contributed by atoms with van der Waals surface area (Å²) in [5.74, 6) is 5.60. The number of sulfonamides is 1. The number of hydrazine groups is 1. The lowest BCUT2D eigenvalue weighted by Gasteiger charge is -2.21. The lowest BCUT2D eigenvalue weighted by Crippen LogP contribution is -2.35. The fraction of sp³-hybridized carbons (Fsp3) is 0.615. The highest BCUT2D eigenvalue weighted by atomic mass is 32.2. The van der Waals surface area contributed by atoms with Crippen LogP contribution in [0.3, 0.4) is 0 Å². The molecule has 0 atom stereocenters. The Labute approximate surface area is 120 Å². The van der Waals surface area contributed by atoms with E-state index in [1.807, 2.05) is 0 Å². The van der Waals surface area contributed by atoms with Gasteiger partial charge in [-0.1, -0.05) is 32.1 Å². The Morgan fingerprint density at radius 2 is 1.80 bits per heavy atom. The minimum atomic E-state index is -3.51. The normalized spacial score (nSPS) is 18.2. The van der Waals surface area contributed by atoms with Crippen molar-refractivity contribution < 1.29 is 8.42 Å². The molecule has 2 rings (SSSR count). The first-order valence-corrected chi connectivity index (χ1v) is 8.55. The van der Waals surface area contributed by atoms with E-state index < -0.39 is 10.0 Å². The molecule has 0 radical (unpaired) electrons. The minimum Gasteiger partial charge on any atom is -0.308 e. The Bertz CT molecular complexity index is 525. The molecule has 4 N–H and O–H groups in total. The van der Waals surface area contributed by atoms with Gasteiger partial charge in [0.05, 0.1) is 4.90 Å². The van der Waals surface area contributed by atoms with Crippen LogP contribution in [-0.2, 0) is 10.0 Å². The van der Waals surface area contributed by atoms with E-state index in [1.165, 1.54) is 37.6 Å². The maximum absolute atomic E-state index is 12.4. The summed E-state index contributed by atoms with van der Waals surface area (Å²) in [4.78, 5) is 4.11. The lowest BCUT2D eigenvalue weighted by atomic mass is 9.97. The van der Waals surface area contributed by atoms with Crippen molar-refractivity contribution in [3.63, 3.8) is 0 Å². The van der Waals surface area contributed by atoms with Gasteiger partial charge in [0.1, 0.15) is 5.82 Å². The number of nitrogens with two attached hydrogens (primary N) is 1. The number of hydrogen-bond donors (Lipinski definition) is 3. The first-order valence-electron chi connectivity index (χ1n) is 7.07. The predicted octanol–water partition coefficient (Wildman–Crippen LogP) is 1.76. The zero-order valence-corrected chi connectivity index (χ0v) is 12.3. The molecule has 1 aromatic heterocycles. The van der Waals surface area contributed by atoms with Crippen LogP contribution in [0.1, 0.15) is 44.9 Å². The fourth-order valence-corrected chi connectivity index (χ4v) is 3.84. The Morgan fingerprint density at radius 3 is 2.45 bits per heavy atom. The summed E-state index contributed by atoms with van der Waals surface area (Å²) < 4.78 is 27.5. The maximum Gasteiger partial charge on any atom is 0.241 e. The molecule has 1 saturated carbocycles. The van der Waals surface area contributed by atoms with Gasteiger partial charge in [0.15, 0.2) is 0 Å². The highest BCUT2D eigenvalue weighted by Gasteiger charge is 2.21. The summed E-state index contributed by atoms with van der Waals surface area (Å²) >= 11 is 0. The molecule has 20 heavy (non-hydrogen) atoms. The molecular weight excluding hydrogens is 276 g/mol. The van der Waals surface area contributed by atoms with E-state index >= 15 is 0 Å². The second-order valence-corrected chi connectivity index (χ2v) is 6.90. The summed E-state index contributed by atoms with van der Waals surface area (Å²) in [6, 6.07) is 2.94. The fourth-order valence-electron chi connectivity index (χ4n) is 2.52. The second kappa shape index (κ2) is 7.01. The third-order valence-corrected chi connectivity index (χ3v) is 5.13. The maximum atomic E-state index is 12.4. The van der Waals surface area contributed by atoms with Gasteiger partial charge >= 0.3 is 0 Å². The molecule has 0 bridgehead atoms. The number of anilines is 1. The molecule has 1 heterocycles. The first-order chi connectivity index (χ1) is 9.62. The Balaban J connectivity index is 2.08. The van der Waals surface area contributed by atoms with E-state index in [9.17, 15) is 8.42 Å². The van der Waals surface area contributed by atoms with Crippen LogP contribution < -0.4 is 16.0 Å². The quantitative estimate of drug-likeness (QED) is 0.581. The number of hydrogen-bond acceptors (Lipinski definition) is 5. The minimum absolute atomic E-state index is 0.0303. The van der Waals surface area contributed by atoms with Crippen LogP contribution in [0.2, 0.25) is 0 Å². The van der Waals surface area contributed by atoms with E-state index in [2.05, 4.69) is 15.1 Å². The number of aromatic nitrogens is 1. The molecular formula is C13H22N4O2S. The van der Waals surface area contributed by atoms with Crippen molar-refractivity contribution in [3.8, 4) is 0 Å². The molecule has 0 spiro atoms. The molecule has 6 nitrogen and oxygen atoms in total. The largest absolute Gasteiger partial charge is 0.308 e. The van der Waals surface area contributed by atoms with E-state index in [-0.39, 0.29) is 10.9 Å². The van der Waals surface area contributed by atoms with Crippen molar-refractivity contribution in [1.29, 1.82) is 0 Å². The molecule has 0 amide bonds. The predicted molar refractivity (Wildman–Crippen MR) is 78.5 cm³/mol. The van der Waals surface area contributed by atoms with Crippen molar-refractivity contribution in [2.24, 2.45) is 5.84 Å². The van der Waals surface area contributed by atoms with Crippen LogP contribution in [0, 0.1) is 0 Å². The number of nitrogens with zero attached hydrogens (tertiary/aromatic N) is 1. The van der Waals surface area contributed by atoms with Crippen molar-refractivity contribution in [1.82, 2.24) is 9.71 Å². The van der Waals surface area contributed by atoms with Crippen LogP contribution in [0.15, 0.2) is 23.2 Å². The van der Waals surface area contributed by atoms with Gasteiger partial charge in [-0.15, -0.1) is 0 Å². The number of rotatable bonds is 4. The molecule has 1 aliphatic rings. The molecule has 0 aliphatic heterocycles. The van der Waals surface area contributed by atoms with Gasteiger partial charge < -0.3 is 5.43 Å². The highest BCUT2D eigenvalue weighted by molar-refractivity contribution is 7.89. The second-order valence-electron chi connectivity index (χ2n) is 5.18. The van der Waals surface area contributed by atoms with Crippen molar-refractivity contribution in [2.75, 3.05) is 5.43 Å². The average molecular weight is 298 g/mol. The standard InChI is InChI=1S/C13H22N4O2S/c14-16-13-10-12(8-9-15-13)20(18,19)17-11-6-4-2-1-3-5-7-11/h8-11,17H,1-7,14H2,(H,15,16). The number of nitrogens with one attached hydrogen (secondary N) is 2. The summed E-state index contributed by atoms with van der Waals surface area (Å²) in [7, 11) is -3.51. The van der Waals surface area contributed by atoms with E-state index in [4.69, 9.17) is 5.84 Å². The zero-order valence-electron chi connectivity index (χ0n) is 11.5. The molecule has 0 aromatic carbocycles. The van der Waals surface area contributed by atoms with Crippen molar-refractivity contribution in [2.45, 2.75) is 55.9 Å². The zero-order chi connectivity index (χ0) is 14.4. The SMILES string of the molecule is NNc1cc(S(=O)(=O)NC2CCCCCCC2)ccn1. The van der Waals surface area contributed by atoms with Gasteiger partial charge in [0.2, 0.25) is 10.0 Å². The van der Waals surface area contributed by atoms with Crippen LogP contribution in [0.5, 0.6) is 0 Å². The van der Waals surface area contributed by atoms with E-state index in [0.29, 0.717) is 5.82 Å². The third-order valence-electron chi connectivity index (χ3n) is 3.62. The molecule has 1 aromatic rings. The third kappa shape index (κ3) is 4.16. The average Bonchev–Trinajstić information content (AvgIpc) is 2.42. The van der Waals surface area contributed by atoms with Crippen LogP contribution >= 0.6 is 0 Å². The molecule has 7 heteroatoms.